The van der Waals surface area contributed by atoms with E-state index in [-0.39, 0.29) is 0 Å². The van der Waals surface area contributed by atoms with Crippen molar-refractivity contribution in [2.45, 2.75) is 5.41 Å². The van der Waals surface area contributed by atoms with Crippen molar-refractivity contribution in [2.24, 2.45) is 0 Å². The molecule has 0 N–H and O–H groups in total. The van der Waals surface area contributed by atoms with Gasteiger partial charge >= 0.3 is 0 Å². The van der Waals surface area contributed by atoms with E-state index in [1.165, 1.54) is 27.8 Å². The third-order valence-corrected chi connectivity index (χ3v) is 11.6. The van der Waals surface area contributed by atoms with Gasteiger partial charge in [0.05, 0.1) is 28.4 Å². The van der Waals surface area contributed by atoms with Crippen molar-refractivity contribution in [3.63, 3.8) is 0 Å². The molecule has 4 heteroatoms. The lowest BCUT2D eigenvalue weighted by molar-refractivity contribution is 0.436. The second-order valence-electron chi connectivity index (χ2n) is 14.8. The van der Waals surface area contributed by atoms with E-state index in [0.29, 0.717) is 17.1 Å². The molecule has 9 aromatic rings. The topological polar surface area (TPSA) is 58.8 Å². The normalized spacial score (nSPS) is 12.7. The number of nitrogens with zero attached hydrogens (tertiary/aromatic N) is 3. The first-order chi connectivity index (χ1) is 28.7. The largest absolute Gasteiger partial charge is 0.457 e. The van der Waals surface area contributed by atoms with Gasteiger partial charge in [0.15, 0.2) is 5.82 Å². The fraction of sp³-hybridized carbons (Fsp3) is 0.0185. The summed E-state index contributed by atoms with van der Waals surface area (Å²) in [6.07, 6.45) is 0. The number of hydrogen-bond donors (Lipinski definition) is 0. The van der Waals surface area contributed by atoms with Crippen LogP contribution in [0.25, 0.3) is 67.3 Å². The minimum Gasteiger partial charge on any atom is -0.457 e. The molecule has 0 saturated carbocycles. The van der Waals surface area contributed by atoms with Crippen LogP contribution in [0, 0.1) is 11.3 Å². The third-order valence-electron chi connectivity index (χ3n) is 11.6. The molecule has 2 heterocycles. The lowest BCUT2D eigenvalue weighted by Gasteiger charge is -2.39. The Hall–Kier alpha value is -7.87. The molecule has 58 heavy (non-hydrogen) atoms. The van der Waals surface area contributed by atoms with Crippen LogP contribution in [0.4, 0.5) is 0 Å². The summed E-state index contributed by atoms with van der Waals surface area (Å²) in [7, 11) is 0. The molecule has 0 saturated heterocycles. The lowest BCUT2D eigenvalue weighted by atomic mass is 9.66. The van der Waals surface area contributed by atoms with Crippen LogP contribution in [0.1, 0.15) is 27.8 Å². The van der Waals surface area contributed by atoms with Crippen molar-refractivity contribution in [2.75, 3.05) is 0 Å². The minimum absolute atomic E-state index is 0.562. The lowest BCUT2D eigenvalue weighted by Crippen LogP contribution is -2.32. The predicted octanol–water partition coefficient (Wildman–Crippen LogP) is 13.2. The number of ether oxygens (including phenoxy) is 1. The Morgan fingerprint density at radius 3 is 1.57 bits per heavy atom. The summed E-state index contributed by atoms with van der Waals surface area (Å²) in [6.45, 7) is 0. The van der Waals surface area contributed by atoms with E-state index in [4.69, 9.17) is 14.7 Å². The maximum atomic E-state index is 9.92. The number of hydrogen-bond acceptors (Lipinski definition) is 4. The van der Waals surface area contributed by atoms with Gasteiger partial charge in [-0.3, -0.25) is 0 Å². The van der Waals surface area contributed by atoms with Crippen molar-refractivity contribution in [1.29, 1.82) is 5.26 Å². The van der Waals surface area contributed by atoms with Crippen molar-refractivity contribution >= 4 is 0 Å². The molecule has 270 valence electrons. The molecule has 1 aliphatic heterocycles. The highest BCUT2D eigenvalue weighted by atomic mass is 16.5. The number of nitriles is 1. The summed E-state index contributed by atoms with van der Waals surface area (Å²) in [6, 6.07) is 71.9. The van der Waals surface area contributed by atoms with Crippen molar-refractivity contribution in [1.82, 2.24) is 9.97 Å². The molecule has 1 aliphatic carbocycles. The van der Waals surface area contributed by atoms with Gasteiger partial charge in [0.25, 0.3) is 0 Å². The van der Waals surface area contributed by atoms with Crippen LogP contribution >= 0.6 is 0 Å². The number of benzene rings is 8. The summed E-state index contributed by atoms with van der Waals surface area (Å²) in [5.74, 6) is 2.14. The van der Waals surface area contributed by atoms with E-state index in [1.807, 2.05) is 36.4 Å². The fourth-order valence-electron chi connectivity index (χ4n) is 8.94. The average molecular weight is 740 g/mol. The molecular weight excluding hydrogens is 707 g/mol. The standard InChI is InChI=1S/C54H33N3O/c55-34-35-22-28-47-51(30-35)58-52-32-41(27-29-48(52)54(47)45-20-9-7-18-43(45)44-19-8-10-21-46(44)54)40-16-11-17-42(31-40)50-33-49(56-53(57-50)39-14-5-2-6-15-39)38-25-23-37(24-26-38)36-12-3-1-4-13-36/h1-33H. The fourth-order valence-corrected chi connectivity index (χ4v) is 8.94. The number of aromatic nitrogens is 2. The van der Waals surface area contributed by atoms with Crippen molar-refractivity contribution in [3.8, 4) is 84.9 Å². The molecule has 4 nitrogen and oxygen atoms in total. The maximum Gasteiger partial charge on any atom is 0.160 e. The van der Waals surface area contributed by atoms with Crippen LogP contribution in [0.3, 0.4) is 0 Å². The minimum atomic E-state index is -0.602. The van der Waals surface area contributed by atoms with Gasteiger partial charge in [-0.1, -0.05) is 170 Å². The summed E-state index contributed by atoms with van der Waals surface area (Å²) < 4.78 is 6.81. The molecule has 8 aromatic carbocycles. The monoisotopic (exact) mass is 739 g/mol. The highest BCUT2D eigenvalue weighted by Gasteiger charge is 2.51. The highest BCUT2D eigenvalue weighted by Crippen LogP contribution is 2.62. The highest BCUT2D eigenvalue weighted by molar-refractivity contribution is 5.89. The number of rotatable bonds is 5. The first-order valence-corrected chi connectivity index (χ1v) is 19.4. The van der Waals surface area contributed by atoms with Gasteiger partial charge in [-0.05, 0) is 74.8 Å². The Labute approximate surface area is 337 Å². The van der Waals surface area contributed by atoms with E-state index in [2.05, 4.69) is 170 Å². The van der Waals surface area contributed by atoms with E-state index in [9.17, 15) is 5.26 Å². The molecule has 0 fully saturated rings. The van der Waals surface area contributed by atoms with Crippen LogP contribution in [0.2, 0.25) is 0 Å². The van der Waals surface area contributed by atoms with Gasteiger partial charge < -0.3 is 4.74 Å². The van der Waals surface area contributed by atoms with Crippen LogP contribution < -0.4 is 4.74 Å². The van der Waals surface area contributed by atoms with Crippen LogP contribution in [-0.4, -0.2) is 9.97 Å². The van der Waals surface area contributed by atoms with Gasteiger partial charge in [-0.2, -0.15) is 5.26 Å². The van der Waals surface area contributed by atoms with Crippen LogP contribution in [-0.2, 0) is 5.41 Å². The maximum absolute atomic E-state index is 9.92. The van der Waals surface area contributed by atoms with Gasteiger partial charge in [-0.15, -0.1) is 0 Å². The molecule has 0 amide bonds. The number of fused-ring (bicyclic) bond motifs is 9. The molecule has 1 aromatic heterocycles. The van der Waals surface area contributed by atoms with Crippen molar-refractivity contribution < 1.29 is 4.74 Å². The van der Waals surface area contributed by atoms with Gasteiger partial charge in [-0.25, -0.2) is 9.97 Å². The molecule has 0 bridgehead atoms. The van der Waals surface area contributed by atoms with E-state index in [0.717, 1.165) is 61.6 Å². The zero-order valence-electron chi connectivity index (χ0n) is 31.3. The molecular formula is C54H33N3O. The zero-order valence-corrected chi connectivity index (χ0v) is 31.3. The summed E-state index contributed by atoms with van der Waals surface area (Å²) in [4.78, 5) is 10.2. The summed E-state index contributed by atoms with van der Waals surface area (Å²) in [5.41, 5.74) is 16.0. The summed E-state index contributed by atoms with van der Waals surface area (Å²) in [5, 5.41) is 9.92. The van der Waals surface area contributed by atoms with Crippen molar-refractivity contribution in [3.05, 3.63) is 228 Å². The predicted molar refractivity (Wildman–Crippen MR) is 231 cm³/mol. The van der Waals surface area contributed by atoms with Gasteiger partial charge in [0, 0.05) is 27.8 Å². The second-order valence-corrected chi connectivity index (χ2v) is 14.8. The Bertz CT molecular complexity index is 3050. The van der Waals surface area contributed by atoms with Gasteiger partial charge in [0.2, 0.25) is 0 Å². The molecule has 0 unspecified atom stereocenters. The third kappa shape index (κ3) is 5.29. The first kappa shape index (κ1) is 33.5. The Morgan fingerprint density at radius 1 is 0.379 bits per heavy atom. The van der Waals surface area contributed by atoms with E-state index < -0.39 is 5.41 Å². The van der Waals surface area contributed by atoms with Crippen LogP contribution in [0.15, 0.2) is 200 Å². The van der Waals surface area contributed by atoms with E-state index in [1.54, 1.807) is 0 Å². The molecule has 2 aliphatic rings. The van der Waals surface area contributed by atoms with Gasteiger partial charge in [0.1, 0.15) is 11.5 Å². The SMILES string of the molecule is N#Cc1ccc2c(c1)Oc1cc(-c3cccc(-c4cc(-c5ccc(-c6ccccc6)cc5)nc(-c5ccccc5)n4)c3)ccc1C21c2ccccc2-c2ccccc21. The Morgan fingerprint density at radius 2 is 0.879 bits per heavy atom. The Balaban J connectivity index is 1.03. The smallest absolute Gasteiger partial charge is 0.160 e. The molecule has 1 spiro atoms. The molecule has 0 atom stereocenters. The Kier molecular flexibility index (Phi) is 7.74. The second kappa shape index (κ2) is 13.4. The quantitative estimate of drug-likeness (QED) is 0.176. The molecule has 0 radical (unpaired) electrons. The zero-order chi connectivity index (χ0) is 38.6. The summed E-state index contributed by atoms with van der Waals surface area (Å²) >= 11 is 0. The molecule has 11 rings (SSSR count). The van der Waals surface area contributed by atoms with Crippen LogP contribution in [0.5, 0.6) is 11.5 Å². The average Bonchev–Trinajstić information content (AvgIpc) is 3.59. The van der Waals surface area contributed by atoms with E-state index >= 15 is 0 Å². The first-order valence-electron chi connectivity index (χ1n) is 19.4.